The number of halogens is 5. The average Bonchev–Trinajstić information content (AvgIpc) is 2.97. The van der Waals surface area contributed by atoms with Crippen LogP contribution in [0, 0.1) is 11.6 Å². The molecule has 0 aliphatic rings. The lowest BCUT2D eigenvalue weighted by Gasteiger charge is -2.08. The first-order valence-corrected chi connectivity index (χ1v) is 7.48. The molecule has 0 saturated heterocycles. The number of aryl methyl sites for hydroxylation is 1. The van der Waals surface area contributed by atoms with E-state index in [1.807, 2.05) is 0 Å². The number of rotatable bonds is 4. The molecule has 26 heavy (non-hydrogen) atoms. The lowest BCUT2D eigenvalue weighted by Crippen LogP contribution is -2.06. The van der Waals surface area contributed by atoms with Crippen molar-refractivity contribution in [1.82, 2.24) is 14.5 Å². The summed E-state index contributed by atoms with van der Waals surface area (Å²) >= 11 is 0. The molecule has 0 unspecified atom stereocenters. The van der Waals surface area contributed by atoms with Gasteiger partial charge < -0.3 is 9.88 Å². The maximum atomic E-state index is 13.6. The fourth-order valence-electron chi connectivity index (χ4n) is 2.41. The van der Waals surface area contributed by atoms with E-state index >= 15 is 0 Å². The molecule has 0 bridgehead atoms. The number of nitrogens with zero attached hydrogens (tertiary/aromatic N) is 3. The van der Waals surface area contributed by atoms with Gasteiger partial charge in [-0.3, -0.25) is 0 Å². The second kappa shape index (κ2) is 6.74. The van der Waals surface area contributed by atoms with Gasteiger partial charge in [-0.15, -0.1) is 0 Å². The predicted molar refractivity (Wildman–Crippen MR) is 85.1 cm³/mol. The van der Waals surface area contributed by atoms with Crippen molar-refractivity contribution in [3.63, 3.8) is 0 Å². The van der Waals surface area contributed by atoms with E-state index in [1.54, 1.807) is 0 Å². The Labute approximate surface area is 145 Å². The Hall–Kier alpha value is -2.97. The van der Waals surface area contributed by atoms with E-state index in [4.69, 9.17) is 0 Å². The van der Waals surface area contributed by atoms with Crippen molar-refractivity contribution in [2.45, 2.75) is 12.7 Å². The average molecular weight is 368 g/mol. The molecule has 2 aromatic heterocycles. The Morgan fingerprint density at radius 3 is 2.31 bits per heavy atom. The topological polar surface area (TPSA) is 42.7 Å². The highest BCUT2D eigenvalue weighted by molar-refractivity contribution is 5.57. The van der Waals surface area contributed by atoms with Crippen LogP contribution in [-0.4, -0.2) is 14.5 Å². The lowest BCUT2D eigenvalue weighted by molar-refractivity contribution is -0.137. The molecule has 3 aromatic rings. The summed E-state index contributed by atoms with van der Waals surface area (Å²) in [6.45, 7) is -0.144. The lowest BCUT2D eigenvalue weighted by atomic mass is 10.2. The highest BCUT2D eigenvalue weighted by atomic mass is 19.4. The first-order chi connectivity index (χ1) is 12.3. The van der Waals surface area contributed by atoms with Gasteiger partial charge in [0, 0.05) is 25.4 Å². The third-order valence-electron chi connectivity index (χ3n) is 3.75. The van der Waals surface area contributed by atoms with Crippen molar-refractivity contribution in [3.05, 3.63) is 65.6 Å². The molecule has 0 spiro atoms. The summed E-state index contributed by atoms with van der Waals surface area (Å²) in [6.07, 6.45) is -0.914. The molecule has 0 atom stereocenters. The zero-order valence-corrected chi connectivity index (χ0v) is 13.5. The van der Waals surface area contributed by atoms with Crippen LogP contribution in [0.2, 0.25) is 0 Å². The molecule has 0 radical (unpaired) electrons. The molecule has 0 aliphatic heterocycles. The Morgan fingerprint density at radius 1 is 1.08 bits per heavy atom. The van der Waals surface area contributed by atoms with Crippen LogP contribution in [0.5, 0.6) is 0 Å². The minimum absolute atomic E-state index is 0.143. The van der Waals surface area contributed by atoms with Crippen LogP contribution in [0.3, 0.4) is 0 Å². The Morgan fingerprint density at radius 2 is 1.77 bits per heavy atom. The van der Waals surface area contributed by atoms with Gasteiger partial charge >= 0.3 is 6.18 Å². The molecule has 4 nitrogen and oxygen atoms in total. The normalized spacial score (nSPS) is 11.6. The minimum atomic E-state index is -4.45. The number of nitrogens with one attached hydrogen (secondary N) is 1. The standard InChI is InChI=1S/C17H13F5N4/c1-26-9-10(17(20,21)22)5-15(26)14-7-25-16(8-23-14)24-6-11-12(18)3-2-4-13(11)19/h2-5,7-9H,6H2,1H3,(H,24,25). The van der Waals surface area contributed by atoms with Gasteiger partial charge in [0.15, 0.2) is 0 Å². The second-order valence-corrected chi connectivity index (χ2v) is 5.56. The largest absolute Gasteiger partial charge is 0.417 e. The molecule has 0 saturated carbocycles. The predicted octanol–water partition coefficient (Wildman–Crippen LogP) is 4.39. The van der Waals surface area contributed by atoms with E-state index in [1.165, 1.54) is 30.1 Å². The van der Waals surface area contributed by atoms with E-state index < -0.39 is 23.4 Å². The van der Waals surface area contributed by atoms with Crippen LogP contribution >= 0.6 is 0 Å². The highest BCUT2D eigenvalue weighted by Crippen LogP contribution is 2.32. The summed E-state index contributed by atoms with van der Waals surface area (Å²) in [5.74, 6) is -1.14. The molecular formula is C17H13F5N4. The number of alkyl halides is 3. The fourth-order valence-corrected chi connectivity index (χ4v) is 2.41. The maximum absolute atomic E-state index is 13.6. The Kier molecular flexibility index (Phi) is 4.62. The molecule has 1 N–H and O–H groups in total. The number of hydrogen-bond acceptors (Lipinski definition) is 3. The van der Waals surface area contributed by atoms with Crippen LogP contribution in [0.15, 0.2) is 42.9 Å². The first kappa shape index (κ1) is 17.8. The van der Waals surface area contributed by atoms with Crippen molar-refractivity contribution >= 4 is 5.82 Å². The van der Waals surface area contributed by atoms with Gasteiger partial charge in [0.1, 0.15) is 23.1 Å². The van der Waals surface area contributed by atoms with Crippen molar-refractivity contribution in [2.24, 2.45) is 7.05 Å². The van der Waals surface area contributed by atoms with E-state index in [9.17, 15) is 22.0 Å². The highest BCUT2D eigenvalue weighted by Gasteiger charge is 2.32. The van der Waals surface area contributed by atoms with Crippen molar-refractivity contribution in [1.29, 1.82) is 0 Å². The summed E-state index contributed by atoms with van der Waals surface area (Å²) < 4.78 is 66.7. The zero-order chi connectivity index (χ0) is 18.9. The fraction of sp³-hybridized carbons (Fsp3) is 0.176. The quantitative estimate of drug-likeness (QED) is 0.695. The van der Waals surface area contributed by atoms with Gasteiger partial charge in [-0.2, -0.15) is 13.2 Å². The van der Waals surface area contributed by atoms with Gasteiger partial charge in [-0.1, -0.05) is 6.07 Å². The van der Waals surface area contributed by atoms with E-state index in [-0.39, 0.29) is 29.3 Å². The molecule has 9 heteroatoms. The number of benzene rings is 1. The summed E-state index contributed by atoms with van der Waals surface area (Å²) in [6, 6.07) is 4.52. The molecule has 0 amide bonds. The van der Waals surface area contributed by atoms with Gasteiger partial charge in [-0.05, 0) is 18.2 Å². The Balaban J connectivity index is 1.76. The summed E-state index contributed by atoms with van der Waals surface area (Å²) in [5.41, 5.74) is -0.438. The summed E-state index contributed by atoms with van der Waals surface area (Å²) in [7, 11) is 1.47. The van der Waals surface area contributed by atoms with Gasteiger partial charge in [0.25, 0.3) is 0 Å². The molecule has 0 aliphatic carbocycles. The number of anilines is 1. The van der Waals surface area contributed by atoms with Crippen LogP contribution in [0.1, 0.15) is 11.1 Å². The Bertz CT molecular complexity index is 896. The smallest absolute Gasteiger partial charge is 0.364 e. The number of hydrogen-bond donors (Lipinski definition) is 1. The molecular weight excluding hydrogens is 355 g/mol. The van der Waals surface area contributed by atoms with Crippen molar-refractivity contribution in [3.8, 4) is 11.4 Å². The minimum Gasteiger partial charge on any atom is -0.364 e. The summed E-state index contributed by atoms with van der Waals surface area (Å²) in [5, 5.41) is 2.72. The van der Waals surface area contributed by atoms with E-state index in [0.29, 0.717) is 0 Å². The third-order valence-corrected chi connectivity index (χ3v) is 3.75. The first-order valence-electron chi connectivity index (χ1n) is 7.48. The van der Waals surface area contributed by atoms with E-state index in [0.717, 1.165) is 24.4 Å². The molecule has 1 aromatic carbocycles. The van der Waals surface area contributed by atoms with Gasteiger partial charge in [0.05, 0.1) is 23.7 Å². The van der Waals surface area contributed by atoms with Gasteiger partial charge in [0.2, 0.25) is 0 Å². The SMILES string of the molecule is Cn1cc(C(F)(F)F)cc1-c1cnc(NCc2c(F)cccc2F)cn1. The van der Waals surface area contributed by atoms with Crippen LogP contribution in [0.25, 0.3) is 11.4 Å². The van der Waals surface area contributed by atoms with Crippen LogP contribution < -0.4 is 5.32 Å². The van der Waals surface area contributed by atoms with E-state index in [2.05, 4.69) is 15.3 Å². The monoisotopic (exact) mass is 368 g/mol. The number of aromatic nitrogens is 3. The summed E-state index contributed by atoms with van der Waals surface area (Å²) in [4.78, 5) is 8.09. The van der Waals surface area contributed by atoms with Gasteiger partial charge in [-0.25, -0.2) is 18.7 Å². The molecule has 0 fully saturated rings. The van der Waals surface area contributed by atoms with Crippen molar-refractivity contribution in [2.75, 3.05) is 5.32 Å². The molecule has 2 heterocycles. The molecule has 3 rings (SSSR count). The third kappa shape index (κ3) is 3.66. The maximum Gasteiger partial charge on any atom is 0.417 e. The molecule has 136 valence electrons. The zero-order valence-electron chi connectivity index (χ0n) is 13.5. The second-order valence-electron chi connectivity index (χ2n) is 5.56. The van der Waals surface area contributed by atoms with Crippen LogP contribution in [-0.2, 0) is 19.8 Å². The van der Waals surface area contributed by atoms with Crippen molar-refractivity contribution < 1.29 is 22.0 Å². The van der Waals surface area contributed by atoms with Crippen LogP contribution in [0.4, 0.5) is 27.8 Å².